The molecule has 3 rings (SSSR count). The number of fused-ring (bicyclic) bond motifs is 1. The number of nitrogens with one attached hydrogen (secondary N) is 2. The van der Waals surface area contributed by atoms with Gasteiger partial charge in [0.1, 0.15) is 0 Å². The van der Waals surface area contributed by atoms with Gasteiger partial charge in [0, 0.05) is 19.2 Å². The second kappa shape index (κ2) is 9.75. The molecule has 0 spiro atoms. The highest BCUT2D eigenvalue weighted by Gasteiger charge is 2.20. The fourth-order valence-electron chi connectivity index (χ4n) is 3.09. The molecule has 1 unspecified atom stereocenters. The summed E-state index contributed by atoms with van der Waals surface area (Å²) in [6.07, 6.45) is -1.04. The molecule has 1 atom stereocenters. The minimum Gasteiger partial charge on any atom is -0.389 e. The number of aromatic nitrogens is 4. The van der Waals surface area contributed by atoms with Crippen LogP contribution >= 0.6 is 0 Å². The molecule has 0 saturated heterocycles. The fraction of sp³-hybridized carbons (Fsp3) is 0.400. The zero-order valence-corrected chi connectivity index (χ0v) is 18.6. The van der Waals surface area contributed by atoms with Crippen molar-refractivity contribution in [3.8, 4) is 0 Å². The molecule has 13 nitrogen and oxygen atoms in total. The number of nitro benzene ring substituents is 1. The number of benzene rings is 1. The maximum atomic E-state index is 12.5. The van der Waals surface area contributed by atoms with Gasteiger partial charge in [-0.25, -0.2) is 10.2 Å². The quantitative estimate of drug-likeness (QED) is 0.241. The highest BCUT2D eigenvalue weighted by molar-refractivity contribution is 5.99. The largest absolute Gasteiger partial charge is 0.389 e. The molecule has 0 bridgehead atoms. The van der Waals surface area contributed by atoms with E-state index in [0.29, 0.717) is 11.3 Å². The molecule has 0 radical (unpaired) electrons. The van der Waals surface area contributed by atoms with Crippen molar-refractivity contribution in [3.05, 3.63) is 60.8 Å². The highest BCUT2D eigenvalue weighted by atomic mass is 16.6. The maximum Gasteiger partial charge on any atom is 0.329 e. The van der Waals surface area contributed by atoms with Gasteiger partial charge in [-0.05, 0) is 38.5 Å². The van der Waals surface area contributed by atoms with Gasteiger partial charge in [0.05, 0.1) is 36.0 Å². The van der Waals surface area contributed by atoms with E-state index in [4.69, 9.17) is 4.74 Å². The Labute approximate surface area is 187 Å². The Bertz CT molecular complexity index is 1300. The topological polar surface area (TPSA) is 170 Å². The smallest absolute Gasteiger partial charge is 0.329 e. The highest BCUT2D eigenvalue weighted by Crippen LogP contribution is 2.17. The number of aliphatic hydroxyl groups is 1. The third-order valence-corrected chi connectivity index (χ3v) is 4.84. The lowest BCUT2D eigenvalue weighted by molar-refractivity contribution is -0.384. The van der Waals surface area contributed by atoms with Crippen LogP contribution in [0.25, 0.3) is 11.2 Å². The van der Waals surface area contributed by atoms with Crippen LogP contribution in [0.2, 0.25) is 0 Å². The van der Waals surface area contributed by atoms with Gasteiger partial charge in [0.2, 0.25) is 5.95 Å². The maximum absolute atomic E-state index is 12.5. The number of hydrogen-bond donors (Lipinski definition) is 3. The van der Waals surface area contributed by atoms with Crippen molar-refractivity contribution in [3.63, 3.8) is 0 Å². The summed E-state index contributed by atoms with van der Waals surface area (Å²) < 4.78 is 8.05. The van der Waals surface area contributed by atoms with Crippen LogP contribution in [0.1, 0.15) is 26.3 Å². The van der Waals surface area contributed by atoms with Gasteiger partial charge in [-0.2, -0.15) is 10.1 Å². The number of nitro groups is 1. The van der Waals surface area contributed by atoms with Crippen molar-refractivity contribution >= 4 is 28.5 Å². The molecule has 176 valence electrons. The van der Waals surface area contributed by atoms with Crippen molar-refractivity contribution in [1.82, 2.24) is 19.1 Å². The van der Waals surface area contributed by atoms with Gasteiger partial charge >= 0.3 is 5.69 Å². The lowest BCUT2D eigenvalue weighted by atomic mass is 10.1. The summed E-state index contributed by atoms with van der Waals surface area (Å²) in [5, 5.41) is 25.5. The predicted octanol–water partition coefficient (Wildman–Crippen LogP) is 0.954. The van der Waals surface area contributed by atoms with Gasteiger partial charge in [0.25, 0.3) is 11.2 Å². The van der Waals surface area contributed by atoms with Crippen LogP contribution in [0, 0.1) is 10.1 Å². The van der Waals surface area contributed by atoms with Gasteiger partial charge in [-0.1, -0.05) is 0 Å². The summed E-state index contributed by atoms with van der Waals surface area (Å²) in [5.41, 5.74) is 2.78. The number of non-ortho nitro benzene ring substituents is 1. The Morgan fingerprint density at radius 2 is 2.00 bits per heavy atom. The SMILES string of the molecule is C/C(=N\Nc1nc2c(c(=O)[nH]c(=O)n2C)n1CC(O)COC(C)C)c1ccc([N+](=O)[O-])cc1. The van der Waals surface area contributed by atoms with Crippen LogP contribution in [-0.2, 0) is 18.3 Å². The standard InChI is InChI=1S/C20H25N7O6/c1-11(2)33-10-15(28)9-26-16-17(25(4)20(30)22-18(16)29)21-19(26)24-23-12(3)13-5-7-14(8-6-13)27(31)32/h5-8,11,15,28H,9-10H2,1-4H3,(H,21,24)(H,22,29,30)/b23-12+. The van der Waals surface area contributed by atoms with E-state index < -0.39 is 22.3 Å². The van der Waals surface area contributed by atoms with E-state index in [0.717, 1.165) is 0 Å². The summed E-state index contributed by atoms with van der Waals surface area (Å²) in [6.45, 7) is 5.35. The molecule has 0 saturated carbocycles. The summed E-state index contributed by atoms with van der Waals surface area (Å²) >= 11 is 0. The molecule has 3 aromatic rings. The van der Waals surface area contributed by atoms with E-state index in [1.165, 1.54) is 28.3 Å². The minimum absolute atomic E-state index is 0.0333. The number of aromatic amines is 1. The average molecular weight is 459 g/mol. The number of imidazole rings is 1. The van der Waals surface area contributed by atoms with Crippen molar-refractivity contribution in [2.24, 2.45) is 12.1 Å². The van der Waals surface area contributed by atoms with Crippen LogP contribution in [0.15, 0.2) is 39.0 Å². The van der Waals surface area contributed by atoms with Crippen molar-refractivity contribution in [2.75, 3.05) is 12.0 Å². The van der Waals surface area contributed by atoms with Crippen LogP contribution in [0.5, 0.6) is 0 Å². The molecule has 1 aromatic carbocycles. The lowest BCUT2D eigenvalue weighted by Crippen LogP contribution is -2.30. The van der Waals surface area contributed by atoms with Gasteiger partial charge < -0.3 is 14.4 Å². The molecule has 2 heterocycles. The number of aryl methyl sites for hydroxylation is 1. The van der Waals surface area contributed by atoms with Crippen molar-refractivity contribution < 1.29 is 14.8 Å². The number of H-pyrrole nitrogens is 1. The fourth-order valence-corrected chi connectivity index (χ4v) is 3.09. The van der Waals surface area contributed by atoms with Crippen molar-refractivity contribution in [2.45, 2.75) is 39.5 Å². The van der Waals surface area contributed by atoms with Crippen LogP contribution in [0.4, 0.5) is 11.6 Å². The predicted molar refractivity (Wildman–Crippen MR) is 122 cm³/mol. The summed E-state index contributed by atoms with van der Waals surface area (Å²) in [6, 6.07) is 5.85. The number of rotatable bonds is 9. The molecule has 33 heavy (non-hydrogen) atoms. The van der Waals surface area contributed by atoms with E-state index in [9.17, 15) is 24.8 Å². The first-order chi connectivity index (χ1) is 15.6. The summed E-state index contributed by atoms with van der Waals surface area (Å²) in [7, 11) is 1.46. The first-order valence-electron chi connectivity index (χ1n) is 10.1. The van der Waals surface area contributed by atoms with E-state index in [1.807, 2.05) is 13.8 Å². The molecule has 0 aliphatic rings. The van der Waals surface area contributed by atoms with Gasteiger partial charge in [-0.15, -0.1) is 0 Å². The van der Waals surface area contributed by atoms with Gasteiger partial charge in [-0.3, -0.25) is 24.5 Å². The number of hydrogen-bond acceptors (Lipinski definition) is 9. The van der Waals surface area contributed by atoms with E-state index in [2.05, 4.69) is 20.5 Å². The van der Waals surface area contributed by atoms with Crippen LogP contribution in [-0.4, -0.2) is 53.7 Å². The average Bonchev–Trinajstić information content (AvgIpc) is 3.13. The third-order valence-electron chi connectivity index (χ3n) is 4.84. The molecular formula is C20H25N7O6. The minimum atomic E-state index is -0.957. The van der Waals surface area contributed by atoms with Crippen LogP contribution in [0.3, 0.4) is 0 Å². The Morgan fingerprint density at radius 3 is 2.61 bits per heavy atom. The first-order valence-corrected chi connectivity index (χ1v) is 10.1. The monoisotopic (exact) mass is 459 g/mol. The molecule has 13 heteroatoms. The van der Waals surface area contributed by atoms with E-state index in [1.54, 1.807) is 19.1 Å². The number of aliphatic hydroxyl groups excluding tert-OH is 1. The number of anilines is 1. The molecular weight excluding hydrogens is 434 g/mol. The summed E-state index contributed by atoms with van der Waals surface area (Å²) in [4.78, 5) is 41.4. The second-order valence-corrected chi connectivity index (χ2v) is 7.69. The van der Waals surface area contributed by atoms with Crippen molar-refractivity contribution in [1.29, 1.82) is 0 Å². The first kappa shape index (κ1) is 23.8. The van der Waals surface area contributed by atoms with E-state index in [-0.39, 0.29) is 42.1 Å². The Hall–Kier alpha value is -3.84. The van der Waals surface area contributed by atoms with Gasteiger partial charge in [0.15, 0.2) is 11.2 Å². The third kappa shape index (κ3) is 5.32. The molecule has 0 aliphatic carbocycles. The number of hydrazone groups is 1. The zero-order valence-electron chi connectivity index (χ0n) is 18.6. The lowest BCUT2D eigenvalue weighted by Gasteiger charge is -2.16. The molecule has 3 N–H and O–H groups in total. The normalized spacial score (nSPS) is 13.0. The molecule has 0 aliphatic heterocycles. The Kier molecular flexibility index (Phi) is 7.04. The molecule has 2 aromatic heterocycles. The Balaban J connectivity index is 1.98. The number of nitrogens with zero attached hydrogens (tertiary/aromatic N) is 5. The van der Waals surface area contributed by atoms with Crippen LogP contribution < -0.4 is 16.7 Å². The number of ether oxygens (including phenoxy) is 1. The molecule has 0 fully saturated rings. The Morgan fingerprint density at radius 1 is 1.33 bits per heavy atom. The zero-order chi connectivity index (χ0) is 24.3. The van der Waals surface area contributed by atoms with E-state index >= 15 is 0 Å². The molecule has 0 amide bonds. The second-order valence-electron chi connectivity index (χ2n) is 7.69. The summed E-state index contributed by atoms with van der Waals surface area (Å²) in [5.74, 6) is 0.126.